The van der Waals surface area contributed by atoms with E-state index < -0.39 is 0 Å². The highest BCUT2D eigenvalue weighted by atomic mass is 16.5. The van der Waals surface area contributed by atoms with Crippen LogP contribution in [0, 0.1) is 0 Å². The SMILES string of the molecule is CNCCCOc1ccc2c(c1)-c1cc(OCCCNC)ccc1C2. The van der Waals surface area contributed by atoms with Gasteiger partial charge in [-0.1, -0.05) is 12.1 Å². The Morgan fingerprint density at radius 3 is 1.68 bits per heavy atom. The fourth-order valence-corrected chi connectivity index (χ4v) is 3.18. The summed E-state index contributed by atoms with van der Waals surface area (Å²) < 4.78 is 11.8. The largest absolute Gasteiger partial charge is 0.494 e. The number of nitrogens with one attached hydrogen (secondary N) is 2. The van der Waals surface area contributed by atoms with Crippen molar-refractivity contribution >= 4 is 0 Å². The number of benzene rings is 2. The molecule has 0 heterocycles. The average molecular weight is 340 g/mol. The third-order valence-corrected chi connectivity index (χ3v) is 4.51. The van der Waals surface area contributed by atoms with Gasteiger partial charge in [-0.3, -0.25) is 0 Å². The van der Waals surface area contributed by atoms with E-state index in [2.05, 4.69) is 47.0 Å². The molecule has 0 amide bonds. The van der Waals surface area contributed by atoms with Crippen LogP contribution < -0.4 is 20.1 Å². The molecule has 0 fully saturated rings. The molecule has 1 aliphatic carbocycles. The van der Waals surface area contributed by atoms with E-state index in [0.717, 1.165) is 57.1 Å². The highest BCUT2D eigenvalue weighted by molar-refractivity contribution is 5.78. The Hall–Kier alpha value is -2.04. The van der Waals surface area contributed by atoms with Gasteiger partial charge in [0.2, 0.25) is 0 Å². The lowest BCUT2D eigenvalue weighted by Gasteiger charge is -2.10. The molecule has 0 unspecified atom stereocenters. The van der Waals surface area contributed by atoms with Gasteiger partial charge in [0.05, 0.1) is 13.2 Å². The summed E-state index contributed by atoms with van der Waals surface area (Å²) in [7, 11) is 3.93. The molecule has 4 heteroatoms. The summed E-state index contributed by atoms with van der Waals surface area (Å²) in [5.41, 5.74) is 5.29. The molecule has 134 valence electrons. The third kappa shape index (κ3) is 4.53. The van der Waals surface area contributed by atoms with Crippen molar-refractivity contribution in [1.29, 1.82) is 0 Å². The van der Waals surface area contributed by atoms with Gasteiger partial charge in [0.25, 0.3) is 0 Å². The molecule has 0 saturated carbocycles. The fraction of sp³-hybridized carbons (Fsp3) is 0.429. The monoisotopic (exact) mass is 340 g/mol. The molecule has 0 aromatic heterocycles. The molecule has 0 aliphatic heterocycles. The van der Waals surface area contributed by atoms with Crippen LogP contribution in [-0.2, 0) is 6.42 Å². The van der Waals surface area contributed by atoms with Crippen LogP contribution in [0.3, 0.4) is 0 Å². The van der Waals surface area contributed by atoms with Crippen LogP contribution in [0.15, 0.2) is 36.4 Å². The van der Waals surface area contributed by atoms with Crippen LogP contribution in [0.5, 0.6) is 11.5 Å². The summed E-state index contributed by atoms with van der Waals surface area (Å²) in [5.74, 6) is 1.89. The average Bonchev–Trinajstić information content (AvgIpc) is 3.00. The van der Waals surface area contributed by atoms with Crippen molar-refractivity contribution in [1.82, 2.24) is 10.6 Å². The van der Waals surface area contributed by atoms with Gasteiger partial charge in [0.1, 0.15) is 11.5 Å². The summed E-state index contributed by atoms with van der Waals surface area (Å²) in [6.45, 7) is 3.42. The maximum absolute atomic E-state index is 5.89. The van der Waals surface area contributed by atoms with Crippen LogP contribution in [0.2, 0.25) is 0 Å². The van der Waals surface area contributed by atoms with Gasteiger partial charge in [-0.05, 0) is 93.0 Å². The van der Waals surface area contributed by atoms with E-state index in [-0.39, 0.29) is 0 Å². The molecule has 2 aromatic rings. The molecule has 25 heavy (non-hydrogen) atoms. The second-order valence-electron chi connectivity index (χ2n) is 6.43. The molecule has 0 radical (unpaired) electrons. The number of fused-ring (bicyclic) bond motifs is 3. The molecule has 4 nitrogen and oxygen atoms in total. The van der Waals surface area contributed by atoms with Gasteiger partial charge in [0, 0.05) is 0 Å². The van der Waals surface area contributed by atoms with Gasteiger partial charge in [-0.15, -0.1) is 0 Å². The molecule has 1 aliphatic rings. The first-order valence-corrected chi connectivity index (χ1v) is 9.13. The predicted molar refractivity (Wildman–Crippen MR) is 103 cm³/mol. The Bertz CT molecular complexity index is 641. The number of hydrogen-bond donors (Lipinski definition) is 2. The molecule has 0 bridgehead atoms. The zero-order valence-electron chi connectivity index (χ0n) is 15.2. The lowest BCUT2D eigenvalue weighted by Crippen LogP contribution is -2.11. The summed E-state index contributed by atoms with van der Waals surface area (Å²) in [6.07, 6.45) is 3.01. The zero-order chi connectivity index (χ0) is 17.5. The Labute approximate surface area is 150 Å². The Morgan fingerprint density at radius 2 is 1.24 bits per heavy atom. The van der Waals surface area contributed by atoms with Gasteiger partial charge in [-0.2, -0.15) is 0 Å². The maximum Gasteiger partial charge on any atom is 0.119 e. The second kappa shape index (κ2) is 8.88. The summed E-state index contributed by atoms with van der Waals surface area (Å²) >= 11 is 0. The number of rotatable bonds is 10. The first kappa shape index (κ1) is 17.8. The molecule has 2 N–H and O–H groups in total. The van der Waals surface area contributed by atoms with E-state index >= 15 is 0 Å². The van der Waals surface area contributed by atoms with Crippen molar-refractivity contribution in [2.45, 2.75) is 19.3 Å². The fourth-order valence-electron chi connectivity index (χ4n) is 3.18. The van der Waals surface area contributed by atoms with Gasteiger partial charge >= 0.3 is 0 Å². The Morgan fingerprint density at radius 1 is 0.760 bits per heavy atom. The zero-order valence-corrected chi connectivity index (χ0v) is 15.2. The molecule has 3 rings (SSSR count). The van der Waals surface area contributed by atoms with Crippen molar-refractivity contribution in [2.75, 3.05) is 40.4 Å². The lowest BCUT2D eigenvalue weighted by molar-refractivity contribution is 0.309. The van der Waals surface area contributed by atoms with Crippen LogP contribution in [0.1, 0.15) is 24.0 Å². The second-order valence-corrected chi connectivity index (χ2v) is 6.43. The summed E-state index contributed by atoms with van der Waals surface area (Å²) in [6, 6.07) is 12.9. The van der Waals surface area contributed by atoms with E-state index in [1.165, 1.54) is 22.3 Å². The van der Waals surface area contributed by atoms with E-state index in [4.69, 9.17) is 9.47 Å². The molecule has 0 spiro atoms. The molecule has 0 atom stereocenters. The van der Waals surface area contributed by atoms with Crippen LogP contribution >= 0.6 is 0 Å². The van der Waals surface area contributed by atoms with Crippen molar-refractivity contribution in [3.8, 4) is 22.6 Å². The first-order valence-electron chi connectivity index (χ1n) is 9.13. The van der Waals surface area contributed by atoms with E-state index in [0.29, 0.717) is 0 Å². The van der Waals surface area contributed by atoms with Gasteiger partial charge in [0.15, 0.2) is 0 Å². The Kier molecular flexibility index (Phi) is 6.31. The molecular formula is C21H28N2O2. The Balaban J connectivity index is 1.69. The van der Waals surface area contributed by atoms with E-state index in [1.54, 1.807) is 0 Å². The smallest absolute Gasteiger partial charge is 0.119 e. The highest BCUT2D eigenvalue weighted by Gasteiger charge is 2.19. The van der Waals surface area contributed by atoms with Crippen LogP contribution in [0.25, 0.3) is 11.1 Å². The highest BCUT2D eigenvalue weighted by Crippen LogP contribution is 2.40. The van der Waals surface area contributed by atoms with E-state index in [1.807, 2.05) is 14.1 Å². The maximum atomic E-state index is 5.89. The van der Waals surface area contributed by atoms with Gasteiger partial charge < -0.3 is 20.1 Å². The number of hydrogen-bond acceptors (Lipinski definition) is 4. The molecule has 0 saturated heterocycles. The minimum absolute atomic E-state index is 0.737. The lowest BCUT2D eigenvalue weighted by atomic mass is 10.1. The third-order valence-electron chi connectivity index (χ3n) is 4.51. The summed E-state index contributed by atoms with van der Waals surface area (Å²) in [5, 5.41) is 6.28. The quantitative estimate of drug-likeness (QED) is 0.556. The predicted octanol–water partition coefficient (Wildman–Crippen LogP) is 3.23. The molecular weight excluding hydrogens is 312 g/mol. The van der Waals surface area contributed by atoms with E-state index in [9.17, 15) is 0 Å². The minimum Gasteiger partial charge on any atom is -0.494 e. The number of ether oxygens (including phenoxy) is 2. The molecule has 2 aromatic carbocycles. The normalized spacial score (nSPS) is 11.9. The van der Waals surface area contributed by atoms with Crippen molar-refractivity contribution in [2.24, 2.45) is 0 Å². The summed E-state index contributed by atoms with van der Waals surface area (Å²) in [4.78, 5) is 0. The van der Waals surface area contributed by atoms with Crippen molar-refractivity contribution in [3.63, 3.8) is 0 Å². The van der Waals surface area contributed by atoms with Crippen molar-refractivity contribution < 1.29 is 9.47 Å². The van der Waals surface area contributed by atoms with Crippen LogP contribution in [-0.4, -0.2) is 40.4 Å². The van der Waals surface area contributed by atoms with Crippen LogP contribution in [0.4, 0.5) is 0 Å². The topological polar surface area (TPSA) is 42.5 Å². The van der Waals surface area contributed by atoms with Crippen molar-refractivity contribution in [3.05, 3.63) is 47.5 Å². The first-order chi connectivity index (χ1) is 12.3. The van der Waals surface area contributed by atoms with Gasteiger partial charge in [-0.25, -0.2) is 0 Å². The standard InChI is InChI=1S/C21H28N2O2/c1-22-9-3-11-24-18-7-5-16-13-17-6-8-19(25-12-4-10-23-2)15-21(17)20(16)14-18/h5-8,14-15,22-23H,3-4,9-13H2,1-2H3. The minimum atomic E-state index is 0.737.